The van der Waals surface area contributed by atoms with Gasteiger partial charge in [-0.05, 0) is 69.7 Å². The van der Waals surface area contributed by atoms with Crippen LogP contribution in [0, 0.1) is 19.8 Å². The summed E-state index contributed by atoms with van der Waals surface area (Å²) in [6.07, 6.45) is 1.68. The molecule has 1 unspecified atom stereocenters. The number of para-hydroxylation sites is 2. The van der Waals surface area contributed by atoms with Gasteiger partial charge in [-0.3, -0.25) is 9.59 Å². The number of piperidine rings is 1. The normalized spacial score (nSPS) is 19.2. The molecular weight excluding hydrogens is 416 g/mol. The highest BCUT2D eigenvalue weighted by atomic mass is 16.5. The van der Waals surface area contributed by atoms with Crippen molar-refractivity contribution in [1.29, 1.82) is 0 Å². The maximum atomic E-state index is 13.9. The minimum atomic E-state index is -0.340. The van der Waals surface area contributed by atoms with Gasteiger partial charge < -0.3 is 14.7 Å². The van der Waals surface area contributed by atoms with Crippen molar-refractivity contribution in [2.75, 3.05) is 24.6 Å². The average Bonchev–Trinajstić information content (AvgIpc) is 3.04. The van der Waals surface area contributed by atoms with Gasteiger partial charge in [0.15, 0.2) is 0 Å². The summed E-state index contributed by atoms with van der Waals surface area (Å²) in [7, 11) is 0. The summed E-state index contributed by atoms with van der Waals surface area (Å²) in [5.41, 5.74) is 4.12. The van der Waals surface area contributed by atoms with Crippen molar-refractivity contribution < 1.29 is 19.4 Å². The Morgan fingerprint density at radius 1 is 1.09 bits per heavy atom. The SMILES string of the molecule is Cc1ccc(C2=C(N3CCCC(CO)C3)C(=O)N(c3ccccc3OC(C)C)C2=O)c(C)c1. The summed E-state index contributed by atoms with van der Waals surface area (Å²) in [6, 6.07) is 13.1. The molecule has 2 amide bonds. The number of likely N-dealkylation sites (tertiary alicyclic amines) is 1. The number of nitrogens with zero attached hydrogens (tertiary/aromatic N) is 2. The Bertz CT molecular complexity index is 1110. The summed E-state index contributed by atoms with van der Waals surface area (Å²) >= 11 is 0. The van der Waals surface area contributed by atoms with Crippen LogP contribution in [0.5, 0.6) is 5.75 Å². The standard InChI is InChI=1S/C27H32N2O4/c1-17(2)33-23-10-6-5-9-22(23)29-26(31)24(21-12-11-18(3)14-19(21)4)25(27(29)32)28-13-7-8-20(15-28)16-30/h5-6,9-12,14,17,20,30H,7-8,13,15-16H2,1-4H3. The Balaban J connectivity index is 1.85. The quantitative estimate of drug-likeness (QED) is 0.675. The van der Waals surface area contributed by atoms with E-state index in [4.69, 9.17) is 4.74 Å². The van der Waals surface area contributed by atoms with Gasteiger partial charge in [-0.15, -0.1) is 0 Å². The largest absolute Gasteiger partial charge is 0.489 e. The number of aliphatic hydroxyl groups excluding tert-OH is 1. The Morgan fingerprint density at radius 2 is 1.85 bits per heavy atom. The van der Waals surface area contributed by atoms with E-state index in [-0.39, 0.29) is 30.4 Å². The fourth-order valence-electron chi connectivity index (χ4n) is 4.78. The van der Waals surface area contributed by atoms with E-state index in [1.54, 1.807) is 18.2 Å². The lowest BCUT2D eigenvalue weighted by Gasteiger charge is -2.34. The number of aliphatic hydroxyl groups is 1. The highest BCUT2D eigenvalue weighted by Gasteiger charge is 2.44. The van der Waals surface area contributed by atoms with Crippen molar-refractivity contribution in [1.82, 2.24) is 4.90 Å². The van der Waals surface area contributed by atoms with E-state index in [1.165, 1.54) is 4.90 Å². The van der Waals surface area contributed by atoms with E-state index in [9.17, 15) is 14.7 Å². The number of amides is 2. The molecule has 2 aromatic carbocycles. The van der Waals surface area contributed by atoms with Gasteiger partial charge in [0, 0.05) is 19.7 Å². The van der Waals surface area contributed by atoms with Gasteiger partial charge in [-0.1, -0.05) is 35.9 Å². The fourth-order valence-corrected chi connectivity index (χ4v) is 4.78. The number of hydrogen-bond acceptors (Lipinski definition) is 5. The number of aryl methyl sites for hydroxylation is 2. The molecule has 2 aromatic rings. The molecule has 1 saturated heterocycles. The second-order valence-corrected chi connectivity index (χ2v) is 9.26. The number of imide groups is 1. The number of benzene rings is 2. The van der Waals surface area contributed by atoms with Gasteiger partial charge in [0.1, 0.15) is 11.4 Å². The van der Waals surface area contributed by atoms with Crippen LogP contribution < -0.4 is 9.64 Å². The first kappa shape index (κ1) is 23.1. The van der Waals surface area contributed by atoms with Crippen LogP contribution in [-0.2, 0) is 9.59 Å². The lowest BCUT2D eigenvalue weighted by atomic mass is 9.95. The number of ether oxygens (including phenoxy) is 1. The predicted molar refractivity (Wildman–Crippen MR) is 129 cm³/mol. The van der Waals surface area contributed by atoms with Crippen LogP contribution >= 0.6 is 0 Å². The summed E-state index contributed by atoms with van der Waals surface area (Å²) in [6.45, 7) is 9.11. The second-order valence-electron chi connectivity index (χ2n) is 9.26. The molecule has 6 heteroatoms. The van der Waals surface area contributed by atoms with Gasteiger partial charge >= 0.3 is 0 Å². The number of carbonyl (C=O) groups excluding carboxylic acids is 2. The Morgan fingerprint density at radius 3 is 2.55 bits per heavy atom. The van der Waals surface area contributed by atoms with E-state index >= 15 is 0 Å². The maximum absolute atomic E-state index is 13.9. The van der Waals surface area contributed by atoms with Crippen LogP contribution in [-0.4, -0.2) is 47.6 Å². The maximum Gasteiger partial charge on any atom is 0.282 e. The minimum absolute atomic E-state index is 0.0690. The molecule has 4 rings (SSSR count). The Kier molecular flexibility index (Phi) is 6.56. The van der Waals surface area contributed by atoms with Gasteiger partial charge in [-0.25, -0.2) is 4.90 Å². The van der Waals surface area contributed by atoms with Crippen molar-refractivity contribution in [2.24, 2.45) is 5.92 Å². The van der Waals surface area contributed by atoms with Gasteiger partial charge in [0.05, 0.1) is 17.4 Å². The zero-order valence-corrected chi connectivity index (χ0v) is 19.8. The fraction of sp³-hybridized carbons (Fsp3) is 0.407. The van der Waals surface area contributed by atoms with Gasteiger partial charge in [-0.2, -0.15) is 0 Å². The first-order chi connectivity index (χ1) is 15.8. The Hall–Kier alpha value is -3.12. The molecule has 1 atom stereocenters. The molecule has 0 aliphatic carbocycles. The van der Waals surface area contributed by atoms with Crippen LogP contribution in [0.25, 0.3) is 5.57 Å². The lowest BCUT2D eigenvalue weighted by molar-refractivity contribution is -0.121. The van der Waals surface area contributed by atoms with Crippen LogP contribution in [0.3, 0.4) is 0 Å². The zero-order chi connectivity index (χ0) is 23.7. The third kappa shape index (κ3) is 4.40. The molecule has 0 bridgehead atoms. The van der Waals surface area contributed by atoms with Crippen molar-refractivity contribution >= 4 is 23.1 Å². The topological polar surface area (TPSA) is 70.1 Å². The molecule has 174 valence electrons. The van der Waals surface area contributed by atoms with Crippen molar-refractivity contribution in [2.45, 2.75) is 46.6 Å². The average molecular weight is 449 g/mol. The third-order valence-electron chi connectivity index (χ3n) is 6.27. The molecule has 33 heavy (non-hydrogen) atoms. The molecule has 2 heterocycles. The molecule has 2 aliphatic heterocycles. The number of anilines is 1. The second kappa shape index (κ2) is 9.40. The van der Waals surface area contributed by atoms with E-state index in [0.29, 0.717) is 35.8 Å². The smallest absolute Gasteiger partial charge is 0.282 e. The monoisotopic (exact) mass is 448 g/mol. The first-order valence-corrected chi connectivity index (χ1v) is 11.6. The highest BCUT2D eigenvalue weighted by Crippen LogP contribution is 2.40. The molecule has 6 nitrogen and oxygen atoms in total. The van der Waals surface area contributed by atoms with Gasteiger partial charge in [0.2, 0.25) is 0 Å². The number of rotatable bonds is 6. The molecule has 1 fully saturated rings. The van der Waals surface area contributed by atoms with Crippen LogP contribution in [0.15, 0.2) is 48.2 Å². The summed E-state index contributed by atoms with van der Waals surface area (Å²) in [5.74, 6) is -0.0938. The molecule has 1 N–H and O–H groups in total. The van der Waals surface area contributed by atoms with Crippen molar-refractivity contribution in [3.63, 3.8) is 0 Å². The molecular formula is C27H32N2O4. The molecule has 2 aliphatic rings. The van der Waals surface area contributed by atoms with Crippen molar-refractivity contribution in [3.8, 4) is 5.75 Å². The Labute approximate surface area is 195 Å². The molecule has 0 aromatic heterocycles. The molecule has 0 radical (unpaired) electrons. The third-order valence-corrected chi connectivity index (χ3v) is 6.27. The summed E-state index contributed by atoms with van der Waals surface area (Å²) in [4.78, 5) is 31.1. The van der Waals surface area contributed by atoms with E-state index in [0.717, 1.165) is 29.5 Å². The first-order valence-electron chi connectivity index (χ1n) is 11.6. The van der Waals surface area contributed by atoms with Crippen molar-refractivity contribution in [3.05, 3.63) is 64.9 Å². The predicted octanol–water partition coefficient (Wildman–Crippen LogP) is 4.08. The lowest BCUT2D eigenvalue weighted by Crippen LogP contribution is -2.40. The number of carbonyl (C=O) groups is 2. The molecule has 0 spiro atoms. The van der Waals surface area contributed by atoms with Crippen LogP contribution in [0.1, 0.15) is 43.4 Å². The highest BCUT2D eigenvalue weighted by molar-refractivity contribution is 6.45. The summed E-state index contributed by atoms with van der Waals surface area (Å²) in [5, 5.41) is 9.76. The van der Waals surface area contributed by atoms with E-state index < -0.39 is 0 Å². The van der Waals surface area contributed by atoms with Crippen LogP contribution in [0.2, 0.25) is 0 Å². The van der Waals surface area contributed by atoms with E-state index in [2.05, 4.69) is 0 Å². The van der Waals surface area contributed by atoms with E-state index in [1.807, 2.05) is 56.9 Å². The zero-order valence-electron chi connectivity index (χ0n) is 19.8. The summed E-state index contributed by atoms with van der Waals surface area (Å²) < 4.78 is 5.94. The van der Waals surface area contributed by atoms with Crippen LogP contribution in [0.4, 0.5) is 5.69 Å². The minimum Gasteiger partial charge on any atom is -0.489 e. The number of hydrogen-bond donors (Lipinski definition) is 1. The molecule has 0 saturated carbocycles. The van der Waals surface area contributed by atoms with Gasteiger partial charge in [0.25, 0.3) is 11.8 Å².